The molecule has 1 N–H and O–H groups in total. The normalized spacial score (nSPS) is 10.0. The highest BCUT2D eigenvalue weighted by molar-refractivity contribution is 9.10. The maximum absolute atomic E-state index is 12.2. The topological polar surface area (TPSA) is 78.5 Å². The van der Waals surface area contributed by atoms with E-state index in [0.29, 0.717) is 15.8 Å². The van der Waals surface area contributed by atoms with Gasteiger partial charge in [-0.1, -0.05) is 22.0 Å². The van der Waals surface area contributed by atoms with Crippen molar-refractivity contribution in [2.24, 2.45) is 0 Å². The molecule has 0 spiro atoms. The van der Waals surface area contributed by atoms with E-state index in [2.05, 4.69) is 21.2 Å². The van der Waals surface area contributed by atoms with E-state index >= 15 is 0 Å². The Balaban J connectivity index is 2.29. The molecule has 0 bridgehead atoms. The van der Waals surface area contributed by atoms with Crippen LogP contribution < -0.4 is 15.2 Å². The highest BCUT2D eigenvalue weighted by Gasteiger charge is 2.11. The van der Waals surface area contributed by atoms with E-state index in [1.54, 1.807) is 30.3 Å². The van der Waals surface area contributed by atoms with Crippen molar-refractivity contribution in [1.29, 1.82) is 0 Å². The molecule has 21 heavy (non-hydrogen) atoms. The molecule has 2 rings (SSSR count). The molecule has 0 aliphatic carbocycles. The van der Waals surface area contributed by atoms with Crippen molar-refractivity contribution in [1.82, 2.24) is 0 Å². The number of aromatic carboxylic acids is 1. The number of carbonyl (C=O) groups excluding carboxylic acids is 2. The van der Waals surface area contributed by atoms with Gasteiger partial charge in [0.2, 0.25) is 0 Å². The SMILES string of the molecule is COc1cccc(C(=O)Nc2ccc(Br)cc2C(=O)[O-])c1. The fraction of sp³-hybridized carbons (Fsp3) is 0.0667. The third-order valence-electron chi connectivity index (χ3n) is 2.78. The molecule has 0 radical (unpaired) electrons. The molecule has 0 saturated heterocycles. The summed E-state index contributed by atoms with van der Waals surface area (Å²) in [5, 5.41) is 13.6. The number of hydrogen-bond donors (Lipinski definition) is 1. The van der Waals surface area contributed by atoms with E-state index in [9.17, 15) is 14.7 Å². The maximum Gasteiger partial charge on any atom is 0.255 e. The number of hydrogen-bond acceptors (Lipinski definition) is 4. The van der Waals surface area contributed by atoms with Crippen LogP contribution >= 0.6 is 15.9 Å². The summed E-state index contributed by atoms with van der Waals surface area (Å²) in [7, 11) is 1.50. The van der Waals surface area contributed by atoms with Crippen LogP contribution in [-0.2, 0) is 0 Å². The smallest absolute Gasteiger partial charge is 0.255 e. The molecule has 0 saturated carbocycles. The van der Waals surface area contributed by atoms with Crippen molar-refractivity contribution in [3.63, 3.8) is 0 Å². The molecule has 0 unspecified atom stereocenters. The lowest BCUT2D eigenvalue weighted by Gasteiger charge is -2.12. The molecular formula is C15H11BrNO4-. The monoisotopic (exact) mass is 348 g/mol. The summed E-state index contributed by atoms with van der Waals surface area (Å²) in [6.45, 7) is 0. The number of carbonyl (C=O) groups is 2. The molecule has 0 aliphatic rings. The standard InChI is InChI=1S/C15H12BrNO4/c1-21-11-4-2-3-9(7-11)14(18)17-13-6-5-10(16)8-12(13)15(19)20/h2-8H,1H3,(H,17,18)(H,19,20)/p-1. The molecule has 0 atom stereocenters. The minimum Gasteiger partial charge on any atom is -0.545 e. The Hall–Kier alpha value is -2.34. The lowest BCUT2D eigenvalue weighted by atomic mass is 10.1. The van der Waals surface area contributed by atoms with Crippen LogP contribution in [-0.4, -0.2) is 19.0 Å². The minimum absolute atomic E-state index is 0.0966. The van der Waals surface area contributed by atoms with Crippen LogP contribution in [0.15, 0.2) is 46.9 Å². The van der Waals surface area contributed by atoms with Crippen molar-refractivity contribution in [2.45, 2.75) is 0 Å². The van der Waals surface area contributed by atoms with E-state index in [1.807, 2.05) is 0 Å². The van der Waals surface area contributed by atoms with Gasteiger partial charge in [0.15, 0.2) is 0 Å². The van der Waals surface area contributed by atoms with Gasteiger partial charge in [-0.3, -0.25) is 4.79 Å². The van der Waals surface area contributed by atoms with Crippen molar-refractivity contribution < 1.29 is 19.4 Å². The van der Waals surface area contributed by atoms with Gasteiger partial charge < -0.3 is 20.0 Å². The van der Waals surface area contributed by atoms with Crippen LogP contribution in [0.4, 0.5) is 5.69 Å². The molecule has 108 valence electrons. The average Bonchev–Trinajstić information content (AvgIpc) is 2.48. The molecule has 6 heteroatoms. The lowest BCUT2D eigenvalue weighted by molar-refractivity contribution is -0.254. The number of rotatable bonds is 4. The zero-order valence-corrected chi connectivity index (χ0v) is 12.6. The van der Waals surface area contributed by atoms with Crippen LogP contribution in [0.25, 0.3) is 0 Å². The third kappa shape index (κ3) is 3.61. The summed E-state index contributed by atoms with van der Waals surface area (Å²) in [4.78, 5) is 23.2. The van der Waals surface area contributed by atoms with Gasteiger partial charge in [-0.05, 0) is 36.4 Å². The summed E-state index contributed by atoms with van der Waals surface area (Å²) in [6.07, 6.45) is 0. The highest BCUT2D eigenvalue weighted by atomic mass is 79.9. The second kappa shape index (κ2) is 6.41. The molecule has 0 aromatic heterocycles. The number of methoxy groups -OCH3 is 1. The number of carboxylic acid groups (broad SMARTS) is 1. The first kappa shape index (κ1) is 15.1. The molecule has 2 aromatic carbocycles. The number of carboxylic acids is 1. The molecule has 0 aliphatic heterocycles. The molecule has 0 heterocycles. The zero-order valence-electron chi connectivity index (χ0n) is 11.1. The second-order valence-electron chi connectivity index (χ2n) is 4.16. The molecule has 5 nitrogen and oxygen atoms in total. The molecular weight excluding hydrogens is 338 g/mol. The van der Waals surface area contributed by atoms with E-state index in [0.717, 1.165) is 0 Å². The van der Waals surface area contributed by atoms with Gasteiger partial charge in [0, 0.05) is 15.6 Å². The first-order valence-electron chi connectivity index (χ1n) is 5.97. The number of amides is 1. The van der Waals surface area contributed by atoms with Gasteiger partial charge >= 0.3 is 0 Å². The van der Waals surface area contributed by atoms with Crippen LogP contribution in [0.5, 0.6) is 5.75 Å². The van der Waals surface area contributed by atoms with Crippen molar-refractivity contribution in [3.8, 4) is 5.75 Å². The Morgan fingerprint density at radius 1 is 1.19 bits per heavy atom. The van der Waals surface area contributed by atoms with Gasteiger partial charge in [0.25, 0.3) is 5.91 Å². The lowest BCUT2D eigenvalue weighted by Crippen LogP contribution is -2.25. The molecule has 1 amide bonds. The van der Waals surface area contributed by atoms with E-state index in [-0.39, 0.29) is 11.3 Å². The molecule has 0 fully saturated rings. The molecule has 2 aromatic rings. The fourth-order valence-electron chi connectivity index (χ4n) is 1.75. The Labute approximate surface area is 129 Å². The van der Waals surface area contributed by atoms with Crippen LogP contribution in [0.1, 0.15) is 20.7 Å². The summed E-state index contributed by atoms with van der Waals surface area (Å²) in [5.74, 6) is -1.26. The second-order valence-corrected chi connectivity index (χ2v) is 5.08. The fourth-order valence-corrected chi connectivity index (χ4v) is 2.11. The average molecular weight is 349 g/mol. The Morgan fingerprint density at radius 3 is 2.62 bits per heavy atom. The largest absolute Gasteiger partial charge is 0.545 e. The van der Waals surface area contributed by atoms with Gasteiger partial charge in [-0.25, -0.2) is 0 Å². The predicted octanol–water partition coefficient (Wildman–Crippen LogP) is 2.07. The van der Waals surface area contributed by atoms with Crippen LogP contribution in [0.3, 0.4) is 0 Å². The van der Waals surface area contributed by atoms with Gasteiger partial charge in [-0.15, -0.1) is 0 Å². The highest BCUT2D eigenvalue weighted by Crippen LogP contribution is 2.22. The summed E-state index contributed by atoms with van der Waals surface area (Å²) in [6, 6.07) is 11.1. The number of anilines is 1. The van der Waals surface area contributed by atoms with Crippen molar-refractivity contribution in [3.05, 3.63) is 58.1 Å². The predicted molar refractivity (Wildman–Crippen MR) is 79.4 cm³/mol. The first-order chi connectivity index (χ1) is 10.0. The first-order valence-corrected chi connectivity index (χ1v) is 6.77. The van der Waals surface area contributed by atoms with Crippen molar-refractivity contribution >= 4 is 33.5 Å². The Kier molecular flexibility index (Phi) is 4.59. The number of nitrogens with one attached hydrogen (secondary N) is 1. The van der Waals surface area contributed by atoms with Crippen LogP contribution in [0, 0.1) is 0 Å². The third-order valence-corrected chi connectivity index (χ3v) is 3.27. The Morgan fingerprint density at radius 2 is 1.95 bits per heavy atom. The Bertz CT molecular complexity index is 700. The quantitative estimate of drug-likeness (QED) is 0.917. The van der Waals surface area contributed by atoms with Crippen molar-refractivity contribution in [2.75, 3.05) is 12.4 Å². The van der Waals surface area contributed by atoms with Gasteiger partial charge in [-0.2, -0.15) is 0 Å². The minimum atomic E-state index is -1.36. The van der Waals surface area contributed by atoms with E-state index in [1.165, 1.54) is 19.2 Å². The number of ether oxygens (including phenoxy) is 1. The summed E-state index contributed by atoms with van der Waals surface area (Å²) < 4.78 is 5.63. The maximum atomic E-state index is 12.2. The van der Waals surface area contributed by atoms with Gasteiger partial charge in [0.1, 0.15) is 5.75 Å². The number of benzene rings is 2. The van der Waals surface area contributed by atoms with Gasteiger partial charge in [0.05, 0.1) is 18.8 Å². The zero-order chi connectivity index (χ0) is 15.4. The van der Waals surface area contributed by atoms with Crippen LogP contribution in [0.2, 0.25) is 0 Å². The number of halogens is 1. The summed E-state index contributed by atoms with van der Waals surface area (Å²) >= 11 is 3.17. The summed E-state index contributed by atoms with van der Waals surface area (Å²) in [5.41, 5.74) is 0.438. The van der Waals surface area contributed by atoms with E-state index in [4.69, 9.17) is 4.74 Å². The van der Waals surface area contributed by atoms with E-state index < -0.39 is 11.9 Å².